The van der Waals surface area contributed by atoms with Crippen LogP contribution in [0.25, 0.3) is 0 Å². The minimum atomic E-state index is -0.274. The lowest BCUT2D eigenvalue weighted by Gasteiger charge is -2.06. The zero-order chi connectivity index (χ0) is 12.0. The molecule has 1 amide bonds. The van der Waals surface area contributed by atoms with Crippen LogP contribution in [0.1, 0.15) is 23.2 Å². The molecule has 5 heteroatoms. The maximum absolute atomic E-state index is 11.6. The third-order valence-corrected chi connectivity index (χ3v) is 2.85. The number of alkyl halides is 1. The number of halogens is 2. The molecule has 0 heterocycles. The third-order valence-electron chi connectivity index (χ3n) is 2.05. The summed E-state index contributed by atoms with van der Waals surface area (Å²) in [5.41, 5.74) is 0.253. The number of phenolic OH excluding ortho intramolecular Hbond substituents is 1. The van der Waals surface area contributed by atoms with Gasteiger partial charge in [-0.2, -0.15) is 0 Å². The summed E-state index contributed by atoms with van der Waals surface area (Å²) in [5, 5.41) is 13.6. The van der Waals surface area contributed by atoms with Crippen molar-refractivity contribution >= 4 is 33.4 Å². The van der Waals surface area contributed by atoms with Crippen molar-refractivity contribution in [1.29, 1.82) is 0 Å². The van der Waals surface area contributed by atoms with E-state index in [1.807, 2.05) is 0 Å². The van der Waals surface area contributed by atoms with E-state index in [9.17, 15) is 9.90 Å². The van der Waals surface area contributed by atoms with E-state index in [0.717, 1.165) is 18.2 Å². The SMILES string of the molecule is O=C(NCCCCBr)c1ccc(Cl)cc1O. The van der Waals surface area contributed by atoms with Gasteiger partial charge in [-0.05, 0) is 31.0 Å². The van der Waals surface area contributed by atoms with Crippen LogP contribution in [-0.2, 0) is 0 Å². The number of hydrogen-bond acceptors (Lipinski definition) is 2. The number of amides is 1. The first-order chi connectivity index (χ1) is 7.65. The minimum Gasteiger partial charge on any atom is -0.507 e. The molecule has 0 saturated heterocycles. The number of hydrogen-bond donors (Lipinski definition) is 2. The molecule has 0 fully saturated rings. The number of unbranched alkanes of at least 4 members (excludes halogenated alkanes) is 1. The Labute approximate surface area is 108 Å². The van der Waals surface area contributed by atoms with Gasteiger partial charge in [0.2, 0.25) is 0 Å². The molecular formula is C11H13BrClNO2. The third kappa shape index (κ3) is 4.02. The predicted molar refractivity (Wildman–Crippen MR) is 68.5 cm³/mol. The Morgan fingerprint density at radius 3 is 2.81 bits per heavy atom. The van der Waals surface area contributed by atoms with Crippen molar-refractivity contribution in [3.63, 3.8) is 0 Å². The zero-order valence-electron chi connectivity index (χ0n) is 8.67. The molecule has 1 aromatic carbocycles. The highest BCUT2D eigenvalue weighted by molar-refractivity contribution is 9.09. The van der Waals surface area contributed by atoms with Crippen molar-refractivity contribution in [3.8, 4) is 5.75 Å². The van der Waals surface area contributed by atoms with E-state index in [2.05, 4.69) is 21.2 Å². The van der Waals surface area contributed by atoms with Crippen molar-refractivity contribution in [2.45, 2.75) is 12.8 Å². The fourth-order valence-electron chi connectivity index (χ4n) is 1.21. The molecule has 0 spiro atoms. The maximum Gasteiger partial charge on any atom is 0.255 e. The lowest BCUT2D eigenvalue weighted by molar-refractivity contribution is 0.0950. The van der Waals surface area contributed by atoms with Crippen LogP contribution in [-0.4, -0.2) is 22.9 Å². The van der Waals surface area contributed by atoms with Gasteiger partial charge in [0, 0.05) is 16.9 Å². The van der Waals surface area contributed by atoms with Crippen LogP contribution in [0, 0.1) is 0 Å². The lowest BCUT2D eigenvalue weighted by Crippen LogP contribution is -2.24. The highest BCUT2D eigenvalue weighted by Crippen LogP contribution is 2.21. The van der Waals surface area contributed by atoms with Crippen molar-refractivity contribution in [1.82, 2.24) is 5.32 Å². The molecule has 0 aliphatic heterocycles. The second-order valence-corrected chi connectivity index (χ2v) is 4.54. The lowest BCUT2D eigenvalue weighted by atomic mass is 10.2. The highest BCUT2D eigenvalue weighted by Gasteiger charge is 2.10. The molecule has 0 atom stereocenters. The van der Waals surface area contributed by atoms with Crippen molar-refractivity contribution < 1.29 is 9.90 Å². The summed E-state index contributed by atoms with van der Waals surface area (Å²) in [4.78, 5) is 11.6. The van der Waals surface area contributed by atoms with E-state index in [-0.39, 0.29) is 17.2 Å². The first-order valence-electron chi connectivity index (χ1n) is 4.98. The Morgan fingerprint density at radius 2 is 2.19 bits per heavy atom. The van der Waals surface area contributed by atoms with Crippen LogP contribution in [0.5, 0.6) is 5.75 Å². The average molecular weight is 307 g/mol. The minimum absolute atomic E-state index is 0.0921. The summed E-state index contributed by atoms with van der Waals surface area (Å²) < 4.78 is 0. The van der Waals surface area contributed by atoms with Gasteiger partial charge in [-0.3, -0.25) is 4.79 Å². The van der Waals surface area contributed by atoms with Gasteiger partial charge in [0.05, 0.1) is 5.56 Å². The van der Waals surface area contributed by atoms with E-state index in [4.69, 9.17) is 11.6 Å². The summed E-state index contributed by atoms with van der Waals surface area (Å²) in [6.45, 7) is 0.604. The van der Waals surface area contributed by atoms with E-state index in [1.165, 1.54) is 12.1 Å². The Morgan fingerprint density at radius 1 is 1.44 bits per heavy atom. The number of benzene rings is 1. The van der Waals surface area contributed by atoms with E-state index < -0.39 is 0 Å². The zero-order valence-corrected chi connectivity index (χ0v) is 11.0. The van der Waals surface area contributed by atoms with Crippen molar-refractivity contribution in [2.75, 3.05) is 11.9 Å². The van der Waals surface area contributed by atoms with Crippen molar-refractivity contribution in [3.05, 3.63) is 28.8 Å². The van der Waals surface area contributed by atoms with Gasteiger partial charge in [-0.25, -0.2) is 0 Å². The summed E-state index contributed by atoms with van der Waals surface area (Å²) >= 11 is 8.98. The molecular weight excluding hydrogens is 293 g/mol. The largest absolute Gasteiger partial charge is 0.507 e. The highest BCUT2D eigenvalue weighted by atomic mass is 79.9. The van der Waals surface area contributed by atoms with Gasteiger partial charge >= 0.3 is 0 Å². The number of carbonyl (C=O) groups excluding carboxylic acids is 1. The maximum atomic E-state index is 11.6. The summed E-state index contributed by atoms with van der Waals surface area (Å²) in [6.07, 6.45) is 1.91. The summed E-state index contributed by atoms with van der Waals surface area (Å²) in [5.74, 6) is -0.366. The van der Waals surface area contributed by atoms with E-state index >= 15 is 0 Å². The van der Waals surface area contributed by atoms with Crippen LogP contribution >= 0.6 is 27.5 Å². The van der Waals surface area contributed by atoms with Crippen LogP contribution in [0.4, 0.5) is 0 Å². The topological polar surface area (TPSA) is 49.3 Å². The van der Waals surface area contributed by atoms with Gasteiger partial charge in [0.15, 0.2) is 0 Å². The fourth-order valence-corrected chi connectivity index (χ4v) is 1.78. The first kappa shape index (κ1) is 13.3. The molecule has 0 aliphatic carbocycles. The van der Waals surface area contributed by atoms with Gasteiger partial charge < -0.3 is 10.4 Å². The van der Waals surface area contributed by atoms with Gasteiger partial charge in [0.1, 0.15) is 5.75 Å². The summed E-state index contributed by atoms with van der Waals surface area (Å²) in [6, 6.07) is 4.45. The van der Waals surface area contributed by atoms with Gasteiger partial charge in [-0.1, -0.05) is 27.5 Å². The molecule has 0 saturated carbocycles. The molecule has 3 nitrogen and oxygen atoms in total. The molecule has 0 aromatic heterocycles. The van der Waals surface area contributed by atoms with E-state index in [1.54, 1.807) is 6.07 Å². The second-order valence-electron chi connectivity index (χ2n) is 3.31. The predicted octanol–water partition coefficient (Wildman–Crippen LogP) is 2.95. The molecule has 88 valence electrons. The van der Waals surface area contributed by atoms with Crippen molar-refractivity contribution in [2.24, 2.45) is 0 Å². The standard InChI is InChI=1S/C11H13BrClNO2/c12-5-1-2-6-14-11(16)9-4-3-8(13)7-10(9)15/h3-4,7,15H,1-2,5-6H2,(H,14,16). The second kappa shape index (κ2) is 6.76. The smallest absolute Gasteiger partial charge is 0.255 e. The number of aromatic hydroxyl groups is 1. The Bertz CT molecular complexity index is 371. The Kier molecular flexibility index (Phi) is 5.63. The summed E-state index contributed by atoms with van der Waals surface area (Å²) in [7, 11) is 0. The molecule has 0 aliphatic rings. The molecule has 16 heavy (non-hydrogen) atoms. The fraction of sp³-hybridized carbons (Fsp3) is 0.364. The molecule has 0 radical (unpaired) electrons. The number of nitrogens with one attached hydrogen (secondary N) is 1. The molecule has 0 bridgehead atoms. The first-order valence-corrected chi connectivity index (χ1v) is 6.47. The van der Waals surface area contributed by atoms with Crippen LogP contribution in [0.15, 0.2) is 18.2 Å². The van der Waals surface area contributed by atoms with E-state index in [0.29, 0.717) is 11.6 Å². The Balaban J connectivity index is 2.53. The molecule has 0 unspecified atom stereocenters. The molecule has 2 N–H and O–H groups in total. The average Bonchev–Trinajstić information content (AvgIpc) is 2.24. The number of rotatable bonds is 5. The van der Waals surface area contributed by atoms with Crippen LogP contribution < -0.4 is 5.32 Å². The van der Waals surface area contributed by atoms with Gasteiger partial charge in [0.25, 0.3) is 5.91 Å². The van der Waals surface area contributed by atoms with Gasteiger partial charge in [-0.15, -0.1) is 0 Å². The molecule has 1 rings (SSSR count). The monoisotopic (exact) mass is 305 g/mol. The normalized spacial score (nSPS) is 10.1. The number of phenols is 1. The van der Waals surface area contributed by atoms with Crippen LogP contribution in [0.2, 0.25) is 5.02 Å². The molecule has 1 aromatic rings. The Hall–Kier alpha value is -0.740. The number of carbonyl (C=O) groups is 1. The quantitative estimate of drug-likeness (QED) is 0.649. The van der Waals surface area contributed by atoms with Crippen LogP contribution in [0.3, 0.4) is 0 Å².